The number of nitrogens with zero attached hydrogens (tertiary/aromatic N) is 1. The van der Waals surface area contributed by atoms with Gasteiger partial charge in [-0.3, -0.25) is 10.1 Å². The zero-order chi connectivity index (χ0) is 18.6. The van der Waals surface area contributed by atoms with Gasteiger partial charge >= 0.3 is 5.97 Å². The number of carbonyl (C=O) groups is 1. The van der Waals surface area contributed by atoms with Crippen LogP contribution in [0.15, 0.2) is 36.4 Å². The molecule has 0 amide bonds. The minimum atomic E-state index is -0.650. The van der Waals surface area contributed by atoms with Gasteiger partial charge in [-0.25, -0.2) is 4.79 Å². The largest absolute Gasteiger partial charge is 0.482 e. The number of hydrogen-bond acceptors (Lipinski definition) is 5. The van der Waals surface area contributed by atoms with Crippen LogP contribution in [0, 0.1) is 17.0 Å². The molecule has 0 aliphatic carbocycles. The third-order valence-corrected chi connectivity index (χ3v) is 3.93. The number of ether oxygens (including phenoxy) is 2. The van der Waals surface area contributed by atoms with E-state index >= 15 is 0 Å². The zero-order valence-electron chi connectivity index (χ0n) is 14.1. The Morgan fingerprint density at radius 1 is 1.28 bits per heavy atom. The number of aryl methyl sites for hydroxylation is 1. The second-order valence-electron chi connectivity index (χ2n) is 5.81. The van der Waals surface area contributed by atoms with Crippen molar-refractivity contribution in [3.8, 4) is 11.5 Å². The number of nitro groups is 1. The molecule has 0 saturated heterocycles. The highest BCUT2D eigenvalue weighted by atomic mass is 35.5. The standard InChI is InChI=1S/C18H18ClNO5/c1-11(2)15-9-16(19)12(3)7-17(15)24-10-18(21)25-14-6-4-5-13(8-14)20(22)23/h4-9,11H,10H2,1-3H3. The molecule has 2 aromatic carbocycles. The van der Waals surface area contributed by atoms with Gasteiger partial charge in [-0.05, 0) is 42.2 Å². The van der Waals surface area contributed by atoms with E-state index in [1.807, 2.05) is 26.8 Å². The van der Waals surface area contributed by atoms with Crippen molar-refractivity contribution >= 4 is 23.3 Å². The Labute approximate surface area is 150 Å². The van der Waals surface area contributed by atoms with E-state index in [2.05, 4.69) is 0 Å². The van der Waals surface area contributed by atoms with Crippen LogP contribution in [0.25, 0.3) is 0 Å². The van der Waals surface area contributed by atoms with Crippen LogP contribution in [0.5, 0.6) is 11.5 Å². The van der Waals surface area contributed by atoms with E-state index in [-0.39, 0.29) is 24.0 Å². The molecule has 0 saturated carbocycles. The van der Waals surface area contributed by atoms with E-state index < -0.39 is 10.9 Å². The summed E-state index contributed by atoms with van der Waals surface area (Å²) in [5, 5.41) is 11.4. The molecule has 0 atom stereocenters. The van der Waals surface area contributed by atoms with Crippen LogP contribution in [-0.2, 0) is 4.79 Å². The van der Waals surface area contributed by atoms with Crippen molar-refractivity contribution in [2.45, 2.75) is 26.7 Å². The first-order valence-corrected chi connectivity index (χ1v) is 8.03. The average Bonchev–Trinajstić information content (AvgIpc) is 2.55. The smallest absolute Gasteiger partial charge is 0.349 e. The Kier molecular flexibility index (Phi) is 5.98. The number of benzene rings is 2. The van der Waals surface area contributed by atoms with E-state index in [0.29, 0.717) is 10.8 Å². The number of carbonyl (C=O) groups excluding carboxylic acids is 1. The fraction of sp³-hybridized carbons (Fsp3) is 0.278. The molecule has 2 aromatic rings. The van der Waals surface area contributed by atoms with Crippen molar-refractivity contribution in [1.29, 1.82) is 0 Å². The first-order chi connectivity index (χ1) is 11.8. The van der Waals surface area contributed by atoms with Gasteiger partial charge in [0.05, 0.1) is 11.0 Å². The highest BCUT2D eigenvalue weighted by Crippen LogP contribution is 2.32. The predicted molar refractivity (Wildman–Crippen MR) is 94.5 cm³/mol. The van der Waals surface area contributed by atoms with E-state index in [9.17, 15) is 14.9 Å². The van der Waals surface area contributed by atoms with Gasteiger partial charge in [-0.15, -0.1) is 0 Å². The molecule has 0 aliphatic heterocycles. The van der Waals surface area contributed by atoms with E-state index in [4.69, 9.17) is 21.1 Å². The van der Waals surface area contributed by atoms with Gasteiger partial charge in [-0.2, -0.15) is 0 Å². The first-order valence-electron chi connectivity index (χ1n) is 7.66. The molecule has 2 rings (SSSR count). The normalized spacial score (nSPS) is 10.6. The van der Waals surface area contributed by atoms with Gasteiger partial charge in [-0.1, -0.05) is 31.5 Å². The molecule has 0 bridgehead atoms. The van der Waals surface area contributed by atoms with Crippen molar-refractivity contribution in [2.75, 3.05) is 6.61 Å². The third kappa shape index (κ3) is 4.93. The number of esters is 1. The summed E-state index contributed by atoms with van der Waals surface area (Å²) in [7, 11) is 0. The van der Waals surface area contributed by atoms with Gasteiger partial charge in [0, 0.05) is 11.1 Å². The summed E-state index contributed by atoms with van der Waals surface area (Å²) in [6.07, 6.45) is 0. The Morgan fingerprint density at radius 3 is 2.64 bits per heavy atom. The fourth-order valence-corrected chi connectivity index (χ4v) is 2.38. The summed E-state index contributed by atoms with van der Waals surface area (Å²) in [5.41, 5.74) is 1.58. The maximum absolute atomic E-state index is 12.0. The summed E-state index contributed by atoms with van der Waals surface area (Å²) < 4.78 is 10.7. The maximum Gasteiger partial charge on any atom is 0.349 e. The highest BCUT2D eigenvalue weighted by molar-refractivity contribution is 6.31. The second kappa shape index (κ2) is 7.98. The Balaban J connectivity index is 2.06. The molecule has 0 aliphatic rings. The van der Waals surface area contributed by atoms with Crippen molar-refractivity contribution in [1.82, 2.24) is 0 Å². The van der Waals surface area contributed by atoms with Gasteiger partial charge in [0.2, 0.25) is 0 Å². The predicted octanol–water partition coefficient (Wildman–Crippen LogP) is 4.66. The maximum atomic E-state index is 12.0. The molecule has 0 N–H and O–H groups in total. The average molecular weight is 364 g/mol. The monoisotopic (exact) mass is 363 g/mol. The van der Waals surface area contributed by atoms with Crippen molar-refractivity contribution < 1.29 is 19.2 Å². The molecular formula is C18H18ClNO5. The number of hydrogen-bond donors (Lipinski definition) is 0. The van der Waals surface area contributed by atoms with Gasteiger partial charge in [0.25, 0.3) is 5.69 Å². The topological polar surface area (TPSA) is 78.7 Å². The van der Waals surface area contributed by atoms with E-state index in [1.54, 1.807) is 6.07 Å². The lowest BCUT2D eigenvalue weighted by Crippen LogP contribution is -2.18. The summed E-state index contributed by atoms with van der Waals surface area (Å²) in [4.78, 5) is 22.1. The first kappa shape index (κ1) is 18.7. The summed E-state index contributed by atoms with van der Waals surface area (Å²) >= 11 is 6.14. The van der Waals surface area contributed by atoms with Gasteiger partial charge in [0.1, 0.15) is 11.5 Å². The Morgan fingerprint density at radius 2 is 2.00 bits per heavy atom. The SMILES string of the molecule is Cc1cc(OCC(=O)Oc2cccc([N+](=O)[O-])c2)c(C(C)C)cc1Cl. The molecule has 6 nitrogen and oxygen atoms in total. The van der Waals surface area contributed by atoms with Crippen LogP contribution in [-0.4, -0.2) is 17.5 Å². The van der Waals surface area contributed by atoms with Crippen LogP contribution in [0.4, 0.5) is 5.69 Å². The molecule has 0 fully saturated rings. The lowest BCUT2D eigenvalue weighted by Gasteiger charge is -2.15. The molecule has 0 spiro atoms. The molecular weight excluding hydrogens is 346 g/mol. The molecule has 0 radical (unpaired) electrons. The molecule has 0 unspecified atom stereocenters. The fourth-order valence-electron chi connectivity index (χ4n) is 2.20. The Hall–Kier alpha value is -2.60. The van der Waals surface area contributed by atoms with Crippen LogP contribution < -0.4 is 9.47 Å². The summed E-state index contributed by atoms with van der Waals surface area (Å²) in [6.45, 7) is 5.52. The Bertz CT molecular complexity index is 804. The van der Waals surface area contributed by atoms with Gasteiger partial charge in [0.15, 0.2) is 6.61 Å². The molecule has 0 heterocycles. The van der Waals surface area contributed by atoms with Crippen LogP contribution in [0.3, 0.4) is 0 Å². The number of rotatable bonds is 6. The van der Waals surface area contributed by atoms with Crippen LogP contribution >= 0.6 is 11.6 Å². The van der Waals surface area contributed by atoms with Crippen molar-refractivity contribution in [3.63, 3.8) is 0 Å². The van der Waals surface area contributed by atoms with E-state index in [1.165, 1.54) is 24.3 Å². The third-order valence-electron chi connectivity index (χ3n) is 3.52. The molecule has 7 heteroatoms. The van der Waals surface area contributed by atoms with Crippen molar-refractivity contribution in [3.05, 3.63) is 62.7 Å². The second-order valence-corrected chi connectivity index (χ2v) is 6.22. The molecule has 132 valence electrons. The van der Waals surface area contributed by atoms with Crippen molar-refractivity contribution in [2.24, 2.45) is 0 Å². The summed E-state index contributed by atoms with van der Waals surface area (Å²) in [5.74, 6) is 0.177. The van der Waals surface area contributed by atoms with Crippen LogP contribution in [0.1, 0.15) is 30.9 Å². The molecule has 25 heavy (non-hydrogen) atoms. The lowest BCUT2D eigenvalue weighted by atomic mass is 10.0. The number of non-ortho nitro benzene ring substituents is 1. The summed E-state index contributed by atoms with van der Waals surface area (Å²) in [6, 6.07) is 9.02. The highest BCUT2D eigenvalue weighted by Gasteiger charge is 2.14. The minimum absolute atomic E-state index is 0.0965. The molecule has 0 aromatic heterocycles. The number of halogens is 1. The zero-order valence-corrected chi connectivity index (χ0v) is 14.9. The minimum Gasteiger partial charge on any atom is -0.482 e. The number of nitro benzene ring substituents is 1. The quantitative estimate of drug-likeness (QED) is 0.322. The van der Waals surface area contributed by atoms with E-state index in [0.717, 1.165) is 11.1 Å². The van der Waals surface area contributed by atoms with Crippen LogP contribution in [0.2, 0.25) is 5.02 Å². The lowest BCUT2D eigenvalue weighted by molar-refractivity contribution is -0.384. The van der Waals surface area contributed by atoms with Gasteiger partial charge < -0.3 is 9.47 Å².